The maximum Gasteiger partial charge on any atom is 0.340 e. The van der Waals surface area contributed by atoms with E-state index in [1.54, 1.807) is 0 Å². The molecule has 0 aliphatic carbocycles. The minimum atomic E-state index is -0.390. The lowest BCUT2D eigenvalue weighted by atomic mass is 10.2. The first-order valence-electron chi connectivity index (χ1n) is 3.07. The summed E-state index contributed by atoms with van der Waals surface area (Å²) in [5, 5.41) is 5.82. The van der Waals surface area contributed by atoms with Gasteiger partial charge in [0.15, 0.2) is 0 Å². The monoisotopic (exact) mass is 152 g/mol. The molecule has 0 aromatic carbocycles. The number of aromatic amines is 2. The molecule has 0 saturated carbocycles. The van der Waals surface area contributed by atoms with Crippen LogP contribution in [0.2, 0.25) is 0 Å². The molecule has 1 heterocycles. The Hall–Kier alpha value is -1.54. The Morgan fingerprint density at radius 1 is 1.82 bits per heavy atom. The van der Waals surface area contributed by atoms with Crippen molar-refractivity contribution in [1.82, 2.24) is 15.2 Å². The lowest BCUT2D eigenvalue weighted by Crippen LogP contribution is -2.12. The van der Waals surface area contributed by atoms with Gasteiger partial charge in [-0.05, 0) is 0 Å². The standard InChI is InChI=1S/C6H8N4O/c1-2-3-4(7)5-8-6(11)10-9-5/h1,4H,3,7H2,(H2,8,9,10,11)/t4-/m1/s1. The van der Waals surface area contributed by atoms with E-state index < -0.39 is 0 Å². The van der Waals surface area contributed by atoms with E-state index in [1.807, 2.05) is 0 Å². The van der Waals surface area contributed by atoms with E-state index in [-0.39, 0.29) is 11.7 Å². The zero-order valence-electron chi connectivity index (χ0n) is 5.79. The van der Waals surface area contributed by atoms with Crippen LogP contribution in [0.5, 0.6) is 0 Å². The average molecular weight is 152 g/mol. The van der Waals surface area contributed by atoms with Gasteiger partial charge >= 0.3 is 5.69 Å². The van der Waals surface area contributed by atoms with Gasteiger partial charge in [0.25, 0.3) is 0 Å². The summed E-state index contributed by atoms with van der Waals surface area (Å²) in [6, 6.07) is -0.390. The Kier molecular flexibility index (Phi) is 2.09. The van der Waals surface area contributed by atoms with Crippen molar-refractivity contribution in [2.45, 2.75) is 12.5 Å². The van der Waals surface area contributed by atoms with E-state index in [0.29, 0.717) is 12.2 Å². The number of hydrogen-bond donors (Lipinski definition) is 3. The maximum atomic E-state index is 10.5. The number of terminal acetylenes is 1. The minimum absolute atomic E-state index is 0.362. The lowest BCUT2D eigenvalue weighted by molar-refractivity contribution is 0.696. The van der Waals surface area contributed by atoms with Crippen LogP contribution in [0, 0.1) is 12.3 Å². The van der Waals surface area contributed by atoms with Crippen LogP contribution in [0.3, 0.4) is 0 Å². The largest absolute Gasteiger partial charge is 0.340 e. The van der Waals surface area contributed by atoms with Gasteiger partial charge < -0.3 is 5.73 Å². The predicted molar refractivity (Wildman–Crippen MR) is 39.6 cm³/mol. The molecular formula is C6H8N4O. The summed E-state index contributed by atoms with van der Waals surface area (Å²) in [5.74, 6) is 2.77. The van der Waals surface area contributed by atoms with Crippen LogP contribution >= 0.6 is 0 Å². The average Bonchev–Trinajstić information content (AvgIpc) is 2.36. The molecule has 5 nitrogen and oxygen atoms in total. The van der Waals surface area contributed by atoms with Crippen molar-refractivity contribution >= 4 is 0 Å². The van der Waals surface area contributed by atoms with E-state index in [0.717, 1.165) is 0 Å². The van der Waals surface area contributed by atoms with Crippen molar-refractivity contribution < 1.29 is 0 Å². The normalized spacial score (nSPS) is 12.4. The number of nitrogens with zero attached hydrogens (tertiary/aromatic N) is 1. The van der Waals surface area contributed by atoms with Crippen molar-refractivity contribution in [2.24, 2.45) is 5.73 Å². The molecule has 58 valence electrons. The van der Waals surface area contributed by atoms with Crippen molar-refractivity contribution in [3.8, 4) is 12.3 Å². The Morgan fingerprint density at radius 3 is 3.00 bits per heavy atom. The van der Waals surface area contributed by atoms with Gasteiger partial charge in [-0.25, -0.2) is 9.89 Å². The number of H-pyrrole nitrogens is 2. The number of nitrogens with one attached hydrogen (secondary N) is 2. The molecule has 0 unspecified atom stereocenters. The second-order valence-electron chi connectivity index (χ2n) is 2.08. The fraction of sp³-hybridized carbons (Fsp3) is 0.333. The summed E-state index contributed by atoms with van der Waals surface area (Å²) >= 11 is 0. The summed E-state index contributed by atoms with van der Waals surface area (Å²) in [6.07, 6.45) is 5.38. The first-order chi connectivity index (χ1) is 5.24. The van der Waals surface area contributed by atoms with Crippen molar-refractivity contribution in [1.29, 1.82) is 0 Å². The third-order valence-electron chi connectivity index (χ3n) is 1.21. The molecule has 1 rings (SSSR count). The predicted octanol–water partition coefficient (Wildman–Crippen LogP) is -0.879. The van der Waals surface area contributed by atoms with Crippen molar-refractivity contribution in [3.05, 3.63) is 16.3 Å². The Balaban J connectivity index is 2.78. The second kappa shape index (κ2) is 3.03. The molecule has 0 bridgehead atoms. The molecule has 11 heavy (non-hydrogen) atoms. The Labute approximate surface area is 63.0 Å². The zero-order valence-corrected chi connectivity index (χ0v) is 5.79. The van der Waals surface area contributed by atoms with Gasteiger partial charge in [0.05, 0.1) is 6.04 Å². The molecule has 5 heteroatoms. The molecule has 0 saturated heterocycles. The first kappa shape index (κ1) is 7.57. The van der Waals surface area contributed by atoms with Gasteiger partial charge in [-0.1, -0.05) is 0 Å². The van der Waals surface area contributed by atoms with Gasteiger partial charge in [0.2, 0.25) is 0 Å². The molecule has 0 aliphatic heterocycles. The van der Waals surface area contributed by atoms with Crippen LogP contribution in [0.15, 0.2) is 4.79 Å². The Bertz CT molecular complexity index is 318. The van der Waals surface area contributed by atoms with Gasteiger partial charge in [0.1, 0.15) is 5.82 Å². The summed E-state index contributed by atoms with van der Waals surface area (Å²) in [7, 11) is 0. The summed E-state index contributed by atoms with van der Waals surface area (Å²) in [6.45, 7) is 0. The van der Waals surface area contributed by atoms with Crippen LogP contribution in [0.1, 0.15) is 18.3 Å². The molecule has 0 amide bonds. The van der Waals surface area contributed by atoms with E-state index in [2.05, 4.69) is 21.1 Å². The fourth-order valence-corrected chi connectivity index (χ4v) is 0.682. The molecule has 4 N–H and O–H groups in total. The summed E-state index contributed by atoms with van der Waals surface area (Å²) in [5.41, 5.74) is 5.16. The molecule has 0 aliphatic rings. The second-order valence-corrected chi connectivity index (χ2v) is 2.08. The highest BCUT2D eigenvalue weighted by Gasteiger charge is 2.07. The van der Waals surface area contributed by atoms with Gasteiger partial charge in [0, 0.05) is 6.42 Å². The van der Waals surface area contributed by atoms with Crippen LogP contribution in [0.25, 0.3) is 0 Å². The smallest absolute Gasteiger partial charge is 0.321 e. The lowest BCUT2D eigenvalue weighted by Gasteiger charge is -2.00. The van der Waals surface area contributed by atoms with E-state index in [1.165, 1.54) is 0 Å². The minimum Gasteiger partial charge on any atom is -0.321 e. The van der Waals surface area contributed by atoms with Crippen molar-refractivity contribution in [3.63, 3.8) is 0 Å². The van der Waals surface area contributed by atoms with E-state index in [9.17, 15) is 4.79 Å². The van der Waals surface area contributed by atoms with Crippen LogP contribution in [-0.4, -0.2) is 15.2 Å². The van der Waals surface area contributed by atoms with Crippen LogP contribution in [-0.2, 0) is 0 Å². The molecular weight excluding hydrogens is 144 g/mol. The molecule has 1 aromatic rings. The molecule has 1 atom stereocenters. The highest BCUT2D eigenvalue weighted by atomic mass is 16.1. The summed E-state index contributed by atoms with van der Waals surface area (Å²) in [4.78, 5) is 12.9. The molecule has 0 fully saturated rings. The number of nitrogens with two attached hydrogens (primary N) is 1. The topological polar surface area (TPSA) is 87.6 Å². The molecule has 1 aromatic heterocycles. The quantitative estimate of drug-likeness (QED) is 0.481. The van der Waals surface area contributed by atoms with Gasteiger partial charge in [-0.2, -0.15) is 5.10 Å². The number of rotatable bonds is 2. The Morgan fingerprint density at radius 2 is 2.55 bits per heavy atom. The van der Waals surface area contributed by atoms with Crippen molar-refractivity contribution in [2.75, 3.05) is 0 Å². The third kappa shape index (κ3) is 1.69. The SMILES string of the molecule is C#CC[C@@H](N)c1n[nH]c(=O)[nH]1. The highest BCUT2D eigenvalue weighted by molar-refractivity contribution is 4.97. The van der Waals surface area contributed by atoms with Crippen LogP contribution in [0.4, 0.5) is 0 Å². The number of aromatic nitrogens is 3. The van der Waals surface area contributed by atoms with E-state index >= 15 is 0 Å². The third-order valence-corrected chi connectivity index (χ3v) is 1.21. The summed E-state index contributed by atoms with van der Waals surface area (Å²) < 4.78 is 0. The fourth-order valence-electron chi connectivity index (χ4n) is 0.682. The zero-order chi connectivity index (χ0) is 8.27. The highest BCUT2D eigenvalue weighted by Crippen LogP contribution is 2.03. The van der Waals surface area contributed by atoms with Gasteiger partial charge in [-0.15, -0.1) is 12.3 Å². The van der Waals surface area contributed by atoms with E-state index in [4.69, 9.17) is 12.2 Å². The molecule has 0 radical (unpaired) electrons. The molecule has 0 spiro atoms. The maximum absolute atomic E-state index is 10.5. The first-order valence-corrected chi connectivity index (χ1v) is 3.07. The van der Waals surface area contributed by atoms with Crippen LogP contribution < -0.4 is 11.4 Å². The van der Waals surface area contributed by atoms with Gasteiger partial charge in [-0.3, -0.25) is 4.98 Å². The number of hydrogen-bond acceptors (Lipinski definition) is 3.